The largest absolute Gasteiger partial charge is 0.421 e. The van der Waals surface area contributed by atoms with E-state index in [0.717, 1.165) is 17.0 Å². The maximum absolute atomic E-state index is 14.9. The molecule has 1 aliphatic carbocycles. The highest BCUT2D eigenvalue weighted by Crippen LogP contribution is 2.53. The molecule has 4 rings (SSSR count). The average molecular weight is 547 g/mol. The van der Waals surface area contributed by atoms with Gasteiger partial charge in [0.25, 0.3) is 5.91 Å². The number of halogens is 5. The van der Waals surface area contributed by atoms with Crippen LogP contribution in [0.25, 0.3) is 0 Å². The lowest BCUT2D eigenvalue weighted by Gasteiger charge is -2.35. The SMILES string of the molecule is CC1(C)CC(=O)C2=C(C1)N(c1ccc(Cl)cc1)C(=O)[C@]2(NS(=O)(=O)c1ccc(Cl)cc1)C(F)(F)F. The van der Waals surface area contributed by atoms with Crippen molar-refractivity contribution in [3.8, 4) is 0 Å². The molecule has 1 heterocycles. The van der Waals surface area contributed by atoms with Crippen LogP contribution in [0.15, 0.2) is 64.7 Å². The lowest BCUT2D eigenvalue weighted by Crippen LogP contribution is -2.66. The van der Waals surface area contributed by atoms with Crippen LogP contribution in [0.5, 0.6) is 0 Å². The van der Waals surface area contributed by atoms with Gasteiger partial charge in [0.2, 0.25) is 15.6 Å². The smallest absolute Gasteiger partial charge is 0.294 e. The number of alkyl halides is 3. The van der Waals surface area contributed by atoms with Gasteiger partial charge in [0, 0.05) is 27.9 Å². The number of amides is 1. The van der Waals surface area contributed by atoms with Crippen LogP contribution in [0.4, 0.5) is 18.9 Å². The molecule has 6 nitrogen and oxygen atoms in total. The van der Waals surface area contributed by atoms with Crippen molar-refractivity contribution in [1.82, 2.24) is 4.72 Å². The number of rotatable bonds is 4. The van der Waals surface area contributed by atoms with Crippen LogP contribution in [0.2, 0.25) is 10.0 Å². The second-order valence-electron chi connectivity index (χ2n) is 9.19. The summed E-state index contributed by atoms with van der Waals surface area (Å²) in [5, 5.41) is 0.440. The maximum atomic E-state index is 14.9. The van der Waals surface area contributed by atoms with Crippen LogP contribution in [0.1, 0.15) is 26.7 Å². The standard InChI is InChI=1S/C23H19Cl2F3N2O4S/c1-21(2)11-17-19(18(31)12-21)22(23(26,27)28,20(32)30(17)15-7-3-13(24)4-8-15)29-35(33,34)16-9-5-14(25)6-10-16/h3-10,29H,11-12H2,1-2H3/t22-/m0/s1. The number of carbonyl (C=O) groups is 2. The van der Waals surface area contributed by atoms with Crippen LogP contribution in [0.3, 0.4) is 0 Å². The molecule has 1 atom stereocenters. The van der Waals surface area contributed by atoms with E-state index < -0.39 is 49.3 Å². The number of ketones is 1. The third kappa shape index (κ3) is 4.26. The topological polar surface area (TPSA) is 83.6 Å². The minimum Gasteiger partial charge on any atom is -0.294 e. The van der Waals surface area contributed by atoms with Crippen molar-refractivity contribution in [2.75, 3.05) is 4.90 Å². The molecule has 0 saturated carbocycles. The third-order valence-electron chi connectivity index (χ3n) is 5.94. The Labute approximate surface area is 209 Å². The van der Waals surface area contributed by atoms with Gasteiger partial charge < -0.3 is 0 Å². The summed E-state index contributed by atoms with van der Waals surface area (Å²) < 4.78 is 72.4. The molecular formula is C23H19Cl2F3N2O4S. The molecule has 0 radical (unpaired) electrons. The summed E-state index contributed by atoms with van der Waals surface area (Å²) in [6.45, 7) is 3.37. The van der Waals surface area contributed by atoms with Gasteiger partial charge in [-0.05, 0) is 60.4 Å². The summed E-state index contributed by atoms with van der Waals surface area (Å²) in [6.07, 6.45) is -5.85. The van der Waals surface area contributed by atoms with Crippen molar-refractivity contribution < 1.29 is 31.2 Å². The number of anilines is 1. The number of nitrogens with zero attached hydrogens (tertiary/aromatic N) is 1. The first kappa shape index (κ1) is 25.7. The molecule has 0 saturated heterocycles. The summed E-state index contributed by atoms with van der Waals surface area (Å²) in [6, 6.07) is 9.81. The number of allylic oxidation sites excluding steroid dienone is 1. The number of Topliss-reactive ketones (excluding diaryl/α,β-unsaturated/α-hetero) is 1. The molecule has 2 aliphatic rings. The second kappa shape index (κ2) is 8.33. The van der Waals surface area contributed by atoms with Crippen molar-refractivity contribution in [2.45, 2.75) is 43.3 Å². The van der Waals surface area contributed by atoms with E-state index in [9.17, 15) is 31.2 Å². The molecule has 1 amide bonds. The fourth-order valence-corrected chi connectivity index (χ4v) is 6.03. The predicted octanol–water partition coefficient (Wildman–Crippen LogP) is 5.26. The van der Waals surface area contributed by atoms with Crippen LogP contribution in [0, 0.1) is 5.41 Å². The van der Waals surface area contributed by atoms with Crippen LogP contribution < -0.4 is 9.62 Å². The monoisotopic (exact) mass is 546 g/mol. The maximum Gasteiger partial charge on any atom is 0.421 e. The van der Waals surface area contributed by atoms with E-state index >= 15 is 0 Å². The normalized spacial score (nSPS) is 22.5. The number of hydrogen-bond donors (Lipinski definition) is 1. The van der Waals surface area contributed by atoms with Crippen molar-refractivity contribution in [3.63, 3.8) is 0 Å². The average Bonchev–Trinajstić information content (AvgIpc) is 2.96. The molecule has 12 heteroatoms. The zero-order chi connectivity index (χ0) is 26.0. The summed E-state index contributed by atoms with van der Waals surface area (Å²) in [7, 11) is -4.93. The van der Waals surface area contributed by atoms with Gasteiger partial charge in [-0.15, -0.1) is 0 Å². The molecule has 0 bridgehead atoms. The van der Waals surface area contributed by atoms with Gasteiger partial charge in [0.1, 0.15) is 0 Å². The molecule has 0 spiro atoms. The van der Waals surface area contributed by atoms with Gasteiger partial charge in [-0.2, -0.15) is 17.9 Å². The lowest BCUT2D eigenvalue weighted by atomic mass is 9.72. The number of nitrogens with one attached hydrogen (secondary N) is 1. The second-order valence-corrected chi connectivity index (χ2v) is 11.7. The first-order valence-corrected chi connectivity index (χ1v) is 12.6. The van der Waals surface area contributed by atoms with E-state index in [4.69, 9.17) is 23.2 Å². The molecule has 35 heavy (non-hydrogen) atoms. The fourth-order valence-electron chi connectivity index (χ4n) is 4.45. The van der Waals surface area contributed by atoms with Crippen molar-refractivity contribution in [2.24, 2.45) is 5.41 Å². The Morgan fingerprint density at radius 3 is 1.94 bits per heavy atom. The summed E-state index contributed by atoms with van der Waals surface area (Å²) >= 11 is 11.7. The molecule has 1 aliphatic heterocycles. The summed E-state index contributed by atoms with van der Waals surface area (Å²) in [5.74, 6) is -2.60. The van der Waals surface area contributed by atoms with Gasteiger partial charge in [-0.3, -0.25) is 14.5 Å². The molecule has 186 valence electrons. The van der Waals surface area contributed by atoms with E-state index in [1.807, 2.05) is 0 Å². The zero-order valence-electron chi connectivity index (χ0n) is 18.4. The highest BCUT2D eigenvalue weighted by Gasteiger charge is 2.72. The van der Waals surface area contributed by atoms with Gasteiger partial charge in [-0.1, -0.05) is 37.0 Å². The third-order valence-corrected chi connectivity index (χ3v) is 7.91. The minimum atomic E-state index is -5.48. The Morgan fingerprint density at radius 2 is 1.43 bits per heavy atom. The molecule has 0 aromatic heterocycles. The number of hydrogen-bond acceptors (Lipinski definition) is 4. The number of carbonyl (C=O) groups excluding carboxylic acids is 2. The number of sulfonamides is 1. The van der Waals surface area contributed by atoms with E-state index in [0.29, 0.717) is 0 Å². The van der Waals surface area contributed by atoms with Crippen LogP contribution in [-0.2, 0) is 19.6 Å². The highest BCUT2D eigenvalue weighted by atomic mass is 35.5. The van der Waals surface area contributed by atoms with E-state index in [-0.39, 0.29) is 34.3 Å². The molecule has 2 aromatic carbocycles. The summed E-state index contributed by atoms with van der Waals surface area (Å²) in [5.41, 5.74) is -5.67. The van der Waals surface area contributed by atoms with Crippen molar-refractivity contribution >= 4 is 50.6 Å². The molecular weight excluding hydrogens is 528 g/mol. The fraction of sp³-hybridized carbons (Fsp3) is 0.304. The molecule has 0 fully saturated rings. The Balaban J connectivity index is 1.98. The Kier molecular flexibility index (Phi) is 6.11. The van der Waals surface area contributed by atoms with Gasteiger partial charge >= 0.3 is 6.18 Å². The molecule has 1 N–H and O–H groups in total. The van der Waals surface area contributed by atoms with Crippen molar-refractivity contribution in [3.05, 3.63) is 69.8 Å². The van der Waals surface area contributed by atoms with E-state index in [1.165, 1.54) is 36.4 Å². The van der Waals surface area contributed by atoms with Gasteiger partial charge in [-0.25, -0.2) is 8.42 Å². The zero-order valence-corrected chi connectivity index (χ0v) is 20.7. The Morgan fingerprint density at radius 1 is 0.914 bits per heavy atom. The number of benzene rings is 2. The molecule has 0 unspecified atom stereocenters. The van der Waals surface area contributed by atoms with Crippen LogP contribution in [-0.4, -0.2) is 31.8 Å². The van der Waals surface area contributed by atoms with Crippen molar-refractivity contribution in [1.29, 1.82) is 0 Å². The first-order valence-electron chi connectivity index (χ1n) is 10.3. The quantitative estimate of drug-likeness (QED) is 0.566. The Bertz CT molecular complexity index is 1350. The highest BCUT2D eigenvalue weighted by molar-refractivity contribution is 7.89. The van der Waals surface area contributed by atoms with E-state index in [1.54, 1.807) is 18.6 Å². The summed E-state index contributed by atoms with van der Waals surface area (Å²) in [4.78, 5) is 27.1. The minimum absolute atomic E-state index is 0.0224. The predicted molar refractivity (Wildman–Crippen MR) is 125 cm³/mol. The van der Waals surface area contributed by atoms with Crippen LogP contribution >= 0.6 is 23.2 Å². The lowest BCUT2D eigenvalue weighted by molar-refractivity contribution is -0.184. The van der Waals surface area contributed by atoms with Gasteiger partial charge in [0.05, 0.1) is 10.5 Å². The van der Waals surface area contributed by atoms with E-state index in [2.05, 4.69) is 0 Å². The first-order chi connectivity index (χ1) is 16.1. The Hall–Kier alpha value is -2.40. The molecule has 2 aromatic rings. The van der Waals surface area contributed by atoms with Gasteiger partial charge in [0.15, 0.2) is 5.78 Å².